The maximum absolute atomic E-state index is 12.1. The quantitative estimate of drug-likeness (QED) is 0.831. The van der Waals surface area contributed by atoms with Crippen molar-refractivity contribution in [2.45, 2.75) is 18.3 Å². The SMILES string of the molecule is CN(C)C(=O)C1(c2cc(-c3ccco3)on2)CC1. The van der Waals surface area contributed by atoms with E-state index in [2.05, 4.69) is 5.16 Å². The third kappa shape index (κ3) is 1.54. The molecule has 0 spiro atoms. The molecule has 1 aliphatic rings. The Morgan fingerprint density at radius 1 is 1.39 bits per heavy atom. The highest BCUT2D eigenvalue weighted by molar-refractivity contribution is 5.90. The van der Waals surface area contributed by atoms with Gasteiger partial charge in [0.1, 0.15) is 0 Å². The van der Waals surface area contributed by atoms with Crippen molar-refractivity contribution in [3.8, 4) is 11.5 Å². The standard InChI is InChI=1S/C13H14N2O3/c1-15(2)12(16)13(5-6-13)11-8-10(18-14-11)9-4-3-7-17-9/h3-4,7-8H,5-6H2,1-2H3. The van der Waals surface area contributed by atoms with Gasteiger partial charge in [0.05, 0.1) is 17.4 Å². The van der Waals surface area contributed by atoms with Gasteiger partial charge in [-0.15, -0.1) is 0 Å². The Bertz CT molecular complexity index is 565. The Hall–Kier alpha value is -2.04. The number of hydrogen-bond donors (Lipinski definition) is 0. The monoisotopic (exact) mass is 246 g/mol. The zero-order chi connectivity index (χ0) is 12.8. The van der Waals surface area contributed by atoms with Crippen molar-refractivity contribution < 1.29 is 13.7 Å². The molecule has 5 nitrogen and oxygen atoms in total. The molecule has 0 aromatic carbocycles. The fourth-order valence-corrected chi connectivity index (χ4v) is 2.17. The van der Waals surface area contributed by atoms with E-state index in [0.717, 1.165) is 12.8 Å². The van der Waals surface area contributed by atoms with Gasteiger partial charge in [0.15, 0.2) is 5.76 Å². The van der Waals surface area contributed by atoms with Crippen molar-refractivity contribution in [1.29, 1.82) is 0 Å². The van der Waals surface area contributed by atoms with E-state index >= 15 is 0 Å². The molecule has 94 valence electrons. The molecular weight excluding hydrogens is 232 g/mol. The molecule has 0 aliphatic heterocycles. The highest BCUT2D eigenvalue weighted by atomic mass is 16.5. The van der Waals surface area contributed by atoms with Crippen molar-refractivity contribution >= 4 is 5.91 Å². The van der Waals surface area contributed by atoms with Gasteiger partial charge in [-0.05, 0) is 25.0 Å². The number of aromatic nitrogens is 1. The normalized spacial score (nSPS) is 16.6. The Labute approximate surface area is 104 Å². The van der Waals surface area contributed by atoms with E-state index in [9.17, 15) is 4.79 Å². The summed E-state index contributed by atoms with van der Waals surface area (Å²) < 4.78 is 10.5. The third-order valence-electron chi connectivity index (χ3n) is 3.33. The zero-order valence-corrected chi connectivity index (χ0v) is 10.3. The molecule has 1 fully saturated rings. The van der Waals surface area contributed by atoms with Crippen LogP contribution in [0.3, 0.4) is 0 Å². The highest BCUT2D eigenvalue weighted by Gasteiger charge is 2.54. The van der Waals surface area contributed by atoms with E-state index in [-0.39, 0.29) is 5.91 Å². The second-order valence-corrected chi connectivity index (χ2v) is 4.84. The molecule has 3 rings (SSSR count). The van der Waals surface area contributed by atoms with E-state index in [4.69, 9.17) is 8.94 Å². The molecule has 0 N–H and O–H groups in total. The van der Waals surface area contributed by atoms with Crippen LogP contribution in [0.15, 0.2) is 33.4 Å². The predicted octanol–water partition coefficient (Wildman–Crippen LogP) is 2.05. The van der Waals surface area contributed by atoms with Gasteiger partial charge >= 0.3 is 0 Å². The van der Waals surface area contributed by atoms with Gasteiger partial charge in [0.25, 0.3) is 0 Å². The summed E-state index contributed by atoms with van der Waals surface area (Å²) in [6, 6.07) is 5.39. The summed E-state index contributed by atoms with van der Waals surface area (Å²) in [6.45, 7) is 0. The number of nitrogens with zero attached hydrogens (tertiary/aromatic N) is 2. The van der Waals surface area contributed by atoms with Gasteiger partial charge in [0.2, 0.25) is 11.7 Å². The number of rotatable bonds is 3. The minimum absolute atomic E-state index is 0.0850. The summed E-state index contributed by atoms with van der Waals surface area (Å²) in [7, 11) is 3.52. The topological polar surface area (TPSA) is 59.5 Å². The van der Waals surface area contributed by atoms with Crippen LogP contribution in [0.5, 0.6) is 0 Å². The van der Waals surface area contributed by atoms with Crippen molar-refractivity contribution in [3.63, 3.8) is 0 Å². The first-order valence-electron chi connectivity index (χ1n) is 5.86. The van der Waals surface area contributed by atoms with Crippen LogP contribution in [0.2, 0.25) is 0 Å². The first kappa shape index (κ1) is 11.1. The van der Waals surface area contributed by atoms with Crippen molar-refractivity contribution in [2.75, 3.05) is 14.1 Å². The highest BCUT2D eigenvalue weighted by Crippen LogP contribution is 2.49. The Kier molecular flexibility index (Phi) is 2.29. The van der Waals surface area contributed by atoms with Crippen LogP contribution in [0.4, 0.5) is 0 Å². The van der Waals surface area contributed by atoms with Gasteiger partial charge in [-0.25, -0.2) is 0 Å². The van der Waals surface area contributed by atoms with E-state index in [1.807, 2.05) is 0 Å². The Balaban J connectivity index is 1.93. The molecule has 0 saturated heterocycles. The second-order valence-electron chi connectivity index (χ2n) is 4.84. The zero-order valence-electron chi connectivity index (χ0n) is 10.3. The van der Waals surface area contributed by atoms with Crippen LogP contribution >= 0.6 is 0 Å². The minimum atomic E-state index is -0.474. The first-order valence-corrected chi connectivity index (χ1v) is 5.86. The number of hydrogen-bond acceptors (Lipinski definition) is 4. The second kappa shape index (κ2) is 3.73. The van der Waals surface area contributed by atoms with Crippen LogP contribution in [-0.4, -0.2) is 30.1 Å². The average molecular weight is 246 g/mol. The van der Waals surface area contributed by atoms with E-state index in [1.54, 1.807) is 43.5 Å². The maximum Gasteiger partial charge on any atom is 0.234 e. The lowest BCUT2D eigenvalue weighted by Gasteiger charge is -2.16. The smallest absolute Gasteiger partial charge is 0.234 e. The fourth-order valence-electron chi connectivity index (χ4n) is 2.17. The molecule has 1 saturated carbocycles. The molecule has 0 radical (unpaired) electrons. The van der Waals surface area contributed by atoms with Gasteiger partial charge in [-0.3, -0.25) is 4.79 Å². The summed E-state index contributed by atoms with van der Waals surface area (Å²) in [5.74, 6) is 1.27. The number of carbonyl (C=O) groups is 1. The van der Waals surface area contributed by atoms with Crippen LogP contribution in [0.25, 0.3) is 11.5 Å². The molecule has 5 heteroatoms. The largest absolute Gasteiger partial charge is 0.461 e. The van der Waals surface area contributed by atoms with Crippen LogP contribution in [0, 0.1) is 0 Å². The number of amides is 1. The van der Waals surface area contributed by atoms with E-state index in [1.165, 1.54) is 0 Å². The third-order valence-corrected chi connectivity index (χ3v) is 3.33. The summed E-state index contributed by atoms with van der Waals surface area (Å²) in [4.78, 5) is 13.7. The molecule has 2 aromatic rings. The van der Waals surface area contributed by atoms with Crippen LogP contribution in [-0.2, 0) is 10.2 Å². The maximum atomic E-state index is 12.1. The lowest BCUT2D eigenvalue weighted by atomic mass is 10.0. The molecule has 1 amide bonds. The molecule has 1 aliphatic carbocycles. The van der Waals surface area contributed by atoms with Gasteiger partial charge < -0.3 is 13.8 Å². The minimum Gasteiger partial charge on any atom is -0.461 e. The van der Waals surface area contributed by atoms with Crippen LogP contribution < -0.4 is 0 Å². The molecule has 18 heavy (non-hydrogen) atoms. The summed E-state index contributed by atoms with van der Waals surface area (Å²) in [5.41, 5.74) is 0.227. The predicted molar refractivity (Wildman–Crippen MR) is 63.8 cm³/mol. The number of likely N-dealkylation sites (N-methyl/N-ethyl adjacent to an activating group) is 1. The van der Waals surface area contributed by atoms with Gasteiger partial charge in [-0.2, -0.15) is 0 Å². The molecule has 0 bridgehead atoms. The summed E-state index contributed by atoms with van der Waals surface area (Å²) in [5, 5.41) is 4.03. The van der Waals surface area contributed by atoms with Crippen LogP contribution in [0.1, 0.15) is 18.5 Å². The Morgan fingerprint density at radius 3 is 2.72 bits per heavy atom. The molecule has 0 atom stereocenters. The lowest BCUT2D eigenvalue weighted by Crippen LogP contribution is -2.33. The summed E-state index contributed by atoms with van der Waals surface area (Å²) >= 11 is 0. The molecule has 0 unspecified atom stereocenters. The van der Waals surface area contributed by atoms with E-state index in [0.29, 0.717) is 17.2 Å². The van der Waals surface area contributed by atoms with Crippen molar-refractivity contribution in [1.82, 2.24) is 10.1 Å². The molecular formula is C13H14N2O3. The number of furan rings is 1. The van der Waals surface area contributed by atoms with Crippen molar-refractivity contribution in [3.05, 3.63) is 30.2 Å². The molecule has 2 aromatic heterocycles. The first-order chi connectivity index (χ1) is 8.63. The number of carbonyl (C=O) groups excluding carboxylic acids is 1. The van der Waals surface area contributed by atoms with Gasteiger partial charge in [-0.1, -0.05) is 5.16 Å². The summed E-state index contributed by atoms with van der Waals surface area (Å²) in [6.07, 6.45) is 3.23. The Morgan fingerprint density at radius 2 is 2.17 bits per heavy atom. The average Bonchev–Trinajstić information content (AvgIpc) is 2.84. The van der Waals surface area contributed by atoms with E-state index < -0.39 is 5.41 Å². The lowest BCUT2D eigenvalue weighted by molar-refractivity contribution is -0.131. The fraction of sp³-hybridized carbons (Fsp3) is 0.385. The van der Waals surface area contributed by atoms with Gasteiger partial charge in [0, 0.05) is 20.2 Å². The van der Waals surface area contributed by atoms with Crippen molar-refractivity contribution in [2.24, 2.45) is 0 Å². The molecule has 2 heterocycles.